The number of carbonyl (C=O) groups excluding carboxylic acids is 2. The number of carbonyl (C=O) groups is 2. The highest BCUT2D eigenvalue weighted by Gasteiger charge is 2.45. The lowest BCUT2D eigenvalue weighted by atomic mass is 10.1. The van der Waals surface area contributed by atoms with Gasteiger partial charge in [0.2, 0.25) is 0 Å². The lowest BCUT2D eigenvalue weighted by Gasteiger charge is -2.38. The zero-order valence-electron chi connectivity index (χ0n) is 69.4. The van der Waals surface area contributed by atoms with E-state index in [1.165, 1.54) is 0 Å². The van der Waals surface area contributed by atoms with Crippen LogP contribution in [-0.2, 0) is 47.5 Å². The molecule has 2 unspecified atom stereocenters. The summed E-state index contributed by atoms with van der Waals surface area (Å²) in [5, 5.41) is 159. The average molecular weight is 1630 g/mol. The van der Waals surface area contributed by atoms with E-state index in [1.54, 1.807) is 0 Å². The maximum Gasteiger partial charge on any atom is 0.254 e. The zero-order valence-corrected chi connectivity index (χ0v) is 69.4. The van der Waals surface area contributed by atoms with E-state index in [-0.39, 0.29) is 194 Å². The van der Waals surface area contributed by atoms with Gasteiger partial charge in [0, 0.05) is 299 Å². The van der Waals surface area contributed by atoms with Gasteiger partial charge in [0.25, 0.3) is 11.8 Å². The number of ether oxygens (including phenoxy) is 8. The molecule has 0 heterocycles. The van der Waals surface area contributed by atoms with Crippen LogP contribution >= 0.6 is 0 Å². The van der Waals surface area contributed by atoms with Crippen LogP contribution in [0.2, 0.25) is 0 Å². The van der Waals surface area contributed by atoms with Gasteiger partial charge in [0.05, 0.1) is 137 Å². The molecule has 118 heavy (non-hydrogen) atoms. The second-order valence-corrected chi connectivity index (χ2v) is 27.5. The summed E-state index contributed by atoms with van der Waals surface area (Å²) in [6, 6.07) is 34.4. The lowest BCUT2D eigenvalue weighted by Crippen LogP contribution is -2.65. The Morgan fingerprint density at radius 3 is 0.517 bits per heavy atom. The molecule has 0 aliphatic carbocycles. The van der Waals surface area contributed by atoms with E-state index in [2.05, 4.69) is 108 Å². The van der Waals surface area contributed by atoms with Crippen LogP contribution in [0.3, 0.4) is 0 Å². The van der Waals surface area contributed by atoms with Crippen molar-refractivity contribution in [3.8, 4) is 97.1 Å². The maximum absolute atomic E-state index is 16.4. The molecule has 0 saturated heterocycles. The Labute approximate surface area is 701 Å². The first-order valence-corrected chi connectivity index (χ1v) is 40.9. The normalized spacial score (nSPS) is 11.6. The van der Waals surface area contributed by atoms with Crippen molar-refractivity contribution in [3.63, 3.8) is 0 Å². The molecule has 0 aromatic rings. The Kier molecular flexibility index (Phi) is 71.8. The average Bonchev–Trinajstić information content (AvgIpc) is 0.813. The summed E-state index contributed by atoms with van der Waals surface area (Å²) in [6.45, 7) is 6.42. The number of rotatable bonds is 81. The van der Waals surface area contributed by atoms with Crippen LogP contribution in [0, 0.1) is 181 Å². The molecule has 0 saturated carbocycles. The number of nitrogens with zero attached hydrogens (tertiary/aromatic N) is 24. The summed E-state index contributed by atoms with van der Waals surface area (Å²) < 4.78 is 53.5. The molecule has 0 aliphatic heterocycles. The van der Waals surface area contributed by atoms with E-state index >= 15 is 9.59 Å². The first-order valence-electron chi connectivity index (χ1n) is 40.9. The highest BCUT2D eigenvalue weighted by atomic mass is 16.6. The van der Waals surface area contributed by atoms with Crippen molar-refractivity contribution in [2.75, 3.05) is 236 Å². The van der Waals surface area contributed by atoms with Gasteiger partial charge < -0.3 is 87.7 Å². The van der Waals surface area contributed by atoms with E-state index < -0.39 is 61.9 Å². The third-order valence-electron chi connectivity index (χ3n) is 18.4. The number of amides is 2. The molecule has 0 aromatic heterocycles. The van der Waals surface area contributed by atoms with Crippen LogP contribution in [0.15, 0.2) is 0 Å². The Bertz CT molecular complexity index is 2930. The fourth-order valence-electron chi connectivity index (χ4n) is 12.3. The van der Waals surface area contributed by atoms with Crippen LogP contribution in [0.5, 0.6) is 0 Å². The highest BCUT2D eigenvalue weighted by Crippen LogP contribution is 2.21. The van der Waals surface area contributed by atoms with Crippen LogP contribution in [0.25, 0.3) is 0 Å². The van der Waals surface area contributed by atoms with Gasteiger partial charge in [0.15, 0.2) is 23.7 Å². The van der Waals surface area contributed by atoms with Crippen molar-refractivity contribution in [2.45, 2.75) is 178 Å². The molecule has 0 aliphatic rings. The molecular formula is C82H124N26O10. The molecule has 36 nitrogen and oxygen atoms in total. The largest absolute Gasteiger partial charge is 0.376 e. The SMILES string of the molecule is N#CCCN(CCC#N)CCCOCC(COCCCN(CCC#N)CCC#N)(NC(=O)C(OCCCN(CCC#N)CCC#N)C(OCCCN(CCC#N)CCC#N)C(=O)NC(COCCCN(CCC#N)CCC#N)(COCCCN(CCC#N)CCC#N)OCCCN(CCC#N)CCC#N)OCCCN(CCC#N)CCC#N. The van der Waals surface area contributed by atoms with E-state index in [0.29, 0.717) is 170 Å². The summed E-state index contributed by atoms with van der Waals surface area (Å²) in [5.41, 5.74) is -3.92. The predicted molar refractivity (Wildman–Crippen MR) is 429 cm³/mol. The van der Waals surface area contributed by atoms with E-state index in [9.17, 15) is 84.2 Å². The van der Waals surface area contributed by atoms with Gasteiger partial charge in [-0.3, -0.25) is 9.59 Å². The molecule has 0 aromatic carbocycles. The van der Waals surface area contributed by atoms with Crippen molar-refractivity contribution in [1.29, 1.82) is 84.2 Å². The minimum atomic E-state index is -1.96. The fourth-order valence-corrected chi connectivity index (χ4v) is 12.3. The number of hydrogen-bond donors (Lipinski definition) is 2. The second kappa shape index (κ2) is 78.3. The van der Waals surface area contributed by atoms with Crippen LogP contribution < -0.4 is 10.6 Å². The molecular weight excluding hydrogens is 1510 g/mol. The standard InChI is InChI=1S/C82H124N26O10/c83-25-1-41-101(42-2-26-84)57-17-65-111-73-81(117-71-23-63-107(53-13-37-95)54-14-38-96,74-112-66-18-58-102(43-3-27-85)44-4-28-86)99-79(109)77(115-69-21-61-105(49-9-33-91)50-10-34-92)78(116-70-22-62-106(51-11-35-93)52-12-36-94)80(110)100-82(118-72-24-64-108(55-15-39-97)56-16-40-98,75-113-67-19-59-103(45-5-29-87)46-6-30-88)76-114-68-20-60-104(47-7-31-89)48-8-32-90/h77-78H,1-24,41-76H2,(H,99,109)(H,100,110). The van der Waals surface area contributed by atoms with E-state index in [4.69, 9.17) is 37.9 Å². The van der Waals surface area contributed by atoms with Crippen molar-refractivity contribution >= 4 is 11.8 Å². The molecule has 0 fully saturated rings. The summed E-state index contributed by atoms with van der Waals surface area (Å²) in [4.78, 5) is 48.4. The number of nitriles is 16. The van der Waals surface area contributed by atoms with Crippen molar-refractivity contribution < 1.29 is 47.5 Å². The quantitative estimate of drug-likeness (QED) is 0.0549. The van der Waals surface area contributed by atoms with Gasteiger partial charge >= 0.3 is 0 Å². The molecule has 0 rings (SSSR count). The fraction of sp³-hybridized carbons (Fsp3) is 0.780. The van der Waals surface area contributed by atoms with Gasteiger partial charge in [-0.1, -0.05) is 0 Å². The molecule has 2 atom stereocenters. The Balaban J connectivity index is 9.32. The molecule has 0 bridgehead atoms. The highest BCUT2D eigenvalue weighted by molar-refractivity contribution is 5.91. The summed E-state index contributed by atoms with van der Waals surface area (Å²) in [5.74, 6) is -1.95. The van der Waals surface area contributed by atoms with Crippen molar-refractivity contribution in [3.05, 3.63) is 0 Å². The number of nitrogens with one attached hydrogen (secondary N) is 2. The monoisotopic (exact) mass is 1630 g/mol. The third kappa shape index (κ3) is 58.1. The van der Waals surface area contributed by atoms with Crippen LogP contribution in [-0.4, -0.2) is 311 Å². The second-order valence-electron chi connectivity index (χ2n) is 27.5. The Morgan fingerprint density at radius 2 is 0.364 bits per heavy atom. The summed E-state index contributed by atoms with van der Waals surface area (Å²) >= 11 is 0. The summed E-state index contributed by atoms with van der Waals surface area (Å²) in [7, 11) is 0. The van der Waals surface area contributed by atoms with Crippen molar-refractivity contribution in [1.82, 2.24) is 49.8 Å². The molecule has 0 radical (unpaired) electrons. The molecule has 36 heteroatoms. The van der Waals surface area contributed by atoms with Crippen molar-refractivity contribution in [2.24, 2.45) is 0 Å². The Morgan fingerprint density at radius 1 is 0.220 bits per heavy atom. The number of hydrogen-bond acceptors (Lipinski definition) is 34. The lowest BCUT2D eigenvalue weighted by molar-refractivity contribution is -0.186. The maximum atomic E-state index is 16.4. The summed E-state index contributed by atoms with van der Waals surface area (Å²) in [6.07, 6.45) is 1.41. The zero-order chi connectivity index (χ0) is 86.7. The molecule has 2 amide bonds. The van der Waals surface area contributed by atoms with Gasteiger partial charge in [-0.05, 0) is 51.4 Å². The Hall–Kier alpha value is -9.86. The molecule has 0 spiro atoms. The molecule has 642 valence electrons. The van der Waals surface area contributed by atoms with Gasteiger partial charge in [-0.25, -0.2) is 0 Å². The topological polar surface area (TPSA) is 539 Å². The third-order valence-corrected chi connectivity index (χ3v) is 18.4. The molecule has 2 N–H and O–H groups in total. The minimum absolute atomic E-state index is 0.0482. The first-order chi connectivity index (χ1) is 57.7. The smallest absolute Gasteiger partial charge is 0.254 e. The van der Waals surface area contributed by atoms with Crippen LogP contribution in [0.1, 0.15) is 154 Å². The van der Waals surface area contributed by atoms with Gasteiger partial charge in [-0.2, -0.15) is 84.2 Å². The van der Waals surface area contributed by atoms with Crippen LogP contribution in [0.4, 0.5) is 0 Å². The predicted octanol–water partition coefficient (Wildman–Crippen LogP) is 5.64. The van der Waals surface area contributed by atoms with Gasteiger partial charge in [0.1, 0.15) is 0 Å². The minimum Gasteiger partial charge on any atom is -0.376 e. The first kappa shape index (κ1) is 108. The van der Waals surface area contributed by atoms with Gasteiger partial charge in [-0.15, -0.1) is 0 Å². The van der Waals surface area contributed by atoms with E-state index in [0.717, 1.165) is 0 Å². The van der Waals surface area contributed by atoms with E-state index in [1.807, 2.05) is 39.2 Å².